The second-order valence-electron chi connectivity index (χ2n) is 5.57. The molecular formula is C13H18N6O. The minimum atomic E-state index is 0.659. The Bertz CT molecular complexity index is 614. The predicted molar refractivity (Wildman–Crippen MR) is 69.8 cm³/mol. The lowest BCUT2D eigenvalue weighted by Crippen LogP contribution is -2.34. The van der Waals surface area contributed by atoms with Crippen LogP contribution in [0.3, 0.4) is 0 Å². The highest BCUT2D eigenvalue weighted by molar-refractivity contribution is 5.09. The van der Waals surface area contributed by atoms with Crippen molar-refractivity contribution in [1.29, 1.82) is 0 Å². The van der Waals surface area contributed by atoms with Gasteiger partial charge in [0.2, 0.25) is 5.89 Å². The lowest BCUT2D eigenvalue weighted by molar-refractivity contribution is 0.200. The lowest BCUT2D eigenvalue weighted by Gasteiger charge is -2.26. The van der Waals surface area contributed by atoms with E-state index < -0.39 is 0 Å². The Labute approximate surface area is 117 Å². The van der Waals surface area contributed by atoms with Crippen LogP contribution in [0.25, 0.3) is 0 Å². The third-order valence-electron chi connectivity index (χ3n) is 3.98. The van der Waals surface area contributed by atoms with E-state index in [9.17, 15) is 0 Å². The Balaban J connectivity index is 1.46. The maximum absolute atomic E-state index is 5.15. The van der Waals surface area contributed by atoms with Crippen LogP contribution in [0.1, 0.15) is 49.0 Å². The number of hydrogen-bond donors (Lipinski definition) is 0. The molecule has 106 valence electrons. The quantitative estimate of drug-likeness (QED) is 0.831. The minimum absolute atomic E-state index is 0.659. The fourth-order valence-corrected chi connectivity index (χ4v) is 2.71. The van der Waals surface area contributed by atoms with Crippen molar-refractivity contribution in [2.24, 2.45) is 0 Å². The Kier molecular flexibility index (Phi) is 2.80. The molecule has 0 amide bonds. The highest BCUT2D eigenvalue weighted by Crippen LogP contribution is 2.39. The third-order valence-corrected chi connectivity index (χ3v) is 3.98. The van der Waals surface area contributed by atoms with Crippen molar-refractivity contribution in [3.63, 3.8) is 0 Å². The van der Waals surface area contributed by atoms with Gasteiger partial charge >= 0.3 is 0 Å². The van der Waals surface area contributed by atoms with E-state index in [0.717, 1.165) is 44.2 Å². The number of aryl methyl sites for hydroxylation is 1. The summed E-state index contributed by atoms with van der Waals surface area (Å²) < 4.78 is 7.44. The molecule has 1 fully saturated rings. The molecule has 1 aliphatic heterocycles. The van der Waals surface area contributed by atoms with Gasteiger partial charge in [0.25, 0.3) is 0 Å². The monoisotopic (exact) mass is 274 g/mol. The van der Waals surface area contributed by atoms with Gasteiger partial charge in [0.05, 0.1) is 13.1 Å². The number of nitrogens with zero attached hydrogens (tertiary/aromatic N) is 6. The second-order valence-corrected chi connectivity index (χ2v) is 5.57. The second kappa shape index (κ2) is 4.66. The van der Waals surface area contributed by atoms with Gasteiger partial charge in [-0.1, -0.05) is 12.1 Å². The molecular weight excluding hydrogens is 256 g/mol. The zero-order chi connectivity index (χ0) is 13.5. The smallest absolute Gasteiger partial charge is 0.226 e. The van der Waals surface area contributed by atoms with Crippen molar-refractivity contribution < 1.29 is 4.52 Å². The molecule has 20 heavy (non-hydrogen) atoms. The van der Waals surface area contributed by atoms with Crippen LogP contribution in [0.15, 0.2) is 4.52 Å². The number of fused-ring (bicyclic) bond motifs is 1. The summed E-state index contributed by atoms with van der Waals surface area (Å²) in [4.78, 5) is 6.66. The average molecular weight is 274 g/mol. The van der Waals surface area contributed by atoms with Gasteiger partial charge in [-0.25, -0.2) is 0 Å². The van der Waals surface area contributed by atoms with E-state index in [4.69, 9.17) is 4.52 Å². The molecule has 0 unspecified atom stereocenters. The molecule has 0 atom stereocenters. The van der Waals surface area contributed by atoms with Crippen LogP contribution in [-0.4, -0.2) is 36.3 Å². The maximum atomic E-state index is 5.15. The van der Waals surface area contributed by atoms with Gasteiger partial charge in [0.1, 0.15) is 11.6 Å². The standard InChI is InChI=1S/C13H18N6O/c1-2-12-14-10(17-20-12)7-18-5-6-19-11(8-18)15-16-13(19)9-3-4-9/h9H,2-8H2,1H3. The van der Waals surface area contributed by atoms with Crippen LogP contribution in [0, 0.1) is 0 Å². The molecule has 0 N–H and O–H groups in total. The minimum Gasteiger partial charge on any atom is -0.339 e. The van der Waals surface area contributed by atoms with Crippen LogP contribution in [0.2, 0.25) is 0 Å². The van der Waals surface area contributed by atoms with Gasteiger partial charge in [0, 0.05) is 25.4 Å². The van der Waals surface area contributed by atoms with Crippen LogP contribution >= 0.6 is 0 Å². The third kappa shape index (κ3) is 2.11. The summed E-state index contributed by atoms with van der Waals surface area (Å²) in [6, 6.07) is 0. The Morgan fingerprint density at radius 2 is 2.15 bits per heavy atom. The van der Waals surface area contributed by atoms with E-state index >= 15 is 0 Å². The predicted octanol–water partition coefficient (Wildman–Crippen LogP) is 1.12. The molecule has 1 aliphatic carbocycles. The van der Waals surface area contributed by atoms with Crippen molar-refractivity contribution in [3.05, 3.63) is 23.4 Å². The zero-order valence-electron chi connectivity index (χ0n) is 11.6. The Hall–Kier alpha value is -1.76. The van der Waals surface area contributed by atoms with E-state index in [1.807, 2.05) is 6.92 Å². The van der Waals surface area contributed by atoms with Crippen LogP contribution in [-0.2, 0) is 26.1 Å². The van der Waals surface area contributed by atoms with Gasteiger partial charge in [-0.15, -0.1) is 10.2 Å². The number of hydrogen-bond acceptors (Lipinski definition) is 6. The molecule has 0 saturated heterocycles. The van der Waals surface area contributed by atoms with Crippen LogP contribution < -0.4 is 0 Å². The molecule has 0 spiro atoms. The summed E-state index contributed by atoms with van der Waals surface area (Å²) >= 11 is 0. The largest absolute Gasteiger partial charge is 0.339 e. The van der Waals surface area contributed by atoms with Gasteiger partial charge < -0.3 is 9.09 Å². The molecule has 2 aromatic heterocycles. The normalized spacial score (nSPS) is 19.2. The Morgan fingerprint density at radius 3 is 2.90 bits per heavy atom. The summed E-state index contributed by atoms with van der Waals surface area (Å²) in [5.74, 6) is 4.38. The summed E-state index contributed by atoms with van der Waals surface area (Å²) in [5, 5.41) is 12.7. The van der Waals surface area contributed by atoms with Crippen LogP contribution in [0.5, 0.6) is 0 Å². The lowest BCUT2D eigenvalue weighted by atomic mass is 10.3. The maximum Gasteiger partial charge on any atom is 0.226 e. The first-order valence-corrected chi connectivity index (χ1v) is 7.29. The molecule has 7 heteroatoms. The highest BCUT2D eigenvalue weighted by atomic mass is 16.5. The molecule has 7 nitrogen and oxygen atoms in total. The van der Waals surface area contributed by atoms with E-state index in [0.29, 0.717) is 11.8 Å². The first kappa shape index (κ1) is 12.0. The van der Waals surface area contributed by atoms with Gasteiger partial charge in [-0.05, 0) is 12.8 Å². The highest BCUT2D eigenvalue weighted by Gasteiger charge is 2.32. The summed E-state index contributed by atoms with van der Waals surface area (Å²) in [6.07, 6.45) is 3.32. The first-order valence-electron chi connectivity index (χ1n) is 7.29. The van der Waals surface area contributed by atoms with Crippen molar-refractivity contribution in [2.45, 2.75) is 51.7 Å². The van der Waals surface area contributed by atoms with Gasteiger partial charge in [0.15, 0.2) is 5.82 Å². The van der Waals surface area contributed by atoms with E-state index in [2.05, 4.69) is 29.8 Å². The molecule has 0 radical (unpaired) electrons. The van der Waals surface area contributed by atoms with Crippen LogP contribution in [0.4, 0.5) is 0 Å². The molecule has 1 saturated carbocycles. The molecule has 2 aliphatic rings. The fourth-order valence-electron chi connectivity index (χ4n) is 2.71. The van der Waals surface area contributed by atoms with E-state index in [-0.39, 0.29) is 0 Å². The Morgan fingerprint density at radius 1 is 1.25 bits per heavy atom. The van der Waals surface area contributed by atoms with Crippen molar-refractivity contribution >= 4 is 0 Å². The topological polar surface area (TPSA) is 72.9 Å². The van der Waals surface area contributed by atoms with Crippen molar-refractivity contribution in [3.8, 4) is 0 Å². The summed E-state index contributed by atoms with van der Waals surface area (Å²) in [5.41, 5.74) is 0. The average Bonchev–Trinajstić information content (AvgIpc) is 3.07. The van der Waals surface area contributed by atoms with Gasteiger partial charge in [-0.2, -0.15) is 4.98 Å². The van der Waals surface area contributed by atoms with E-state index in [1.54, 1.807) is 0 Å². The van der Waals surface area contributed by atoms with Crippen molar-refractivity contribution in [2.75, 3.05) is 6.54 Å². The zero-order valence-corrected chi connectivity index (χ0v) is 11.6. The van der Waals surface area contributed by atoms with E-state index in [1.165, 1.54) is 18.7 Å². The number of rotatable bonds is 4. The molecule has 4 rings (SSSR count). The first-order chi connectivity index (χ1) is 9.83. The fraction of sp³-hybridized carbons (Fsp3) is 0.692. The molecule has 2 aromatic rings. The summed E-state index contributed by atoms with van der Waals surface area (Å²) in [7, 11) is 0. The molecule has 0 aromatic carbocycles. The van der Waals surface area contributed by atoms with Gasteiger partial charge in [-0.3, -0.25) is 4.90 Å². The molecule has 3 heterocycles. The number of aromatic nitrogens is 5. The van der Waals surface area contributed by atoms with Crippen molar-refractivity contribution in [1.82, 2.24) is 29.8 Å². The molecule has 0 bridgehead atoms. The SMILES string of the molecule is CCc1nc(CN2CCn3c(nnc3C3CC3)C2)no1. The summed E-state index contributed by atoms with van der Waals surface area (Å²) in [6.45, 7) is 5.50.